The lowest BCUT2D eigenvalue weighted by Crippen LogP contribution is -2.34. The van der Waals surface area contributed by atoms with Crippen LogP contribution in [0.15, 0.2) is 23.3 Å². The van der Waals surface area contributed by atoms with Crippen molar-refractivity contribution in [2.75, 3.05) is 31.6 Å². The summed E-state index contributed by atoms with van der Waals surface area (Å²) in [6, 6.07) is 2.32. The van der Waals surface area contributed by atoms with Crippen LogP contribution in [0.5, 0.6) is 0 Å². The van der Waals surface area contributed by atoms with E-state index in [1.807, 2.05) is 0 Å². The van der Waals surface area contributed by atoms with Crippen LogP contribution < -0.4 is 16.4 Å². The molecule has 1 aliphatic heterocycles. The highest BCUT2D eigenvalue weighted by atomic mass is 19.4. The van der Waals surface area contributed by atoms with E-state index in [4.69, 9.17) is 10.5 Å². The Kier molecular flexibility index (Phi) is 6.65. The van der Waals surface area contributed by atoms with E-state index in [1.54, 1.807) is 0 Å². The molecule has 4 N–H and O–H groups in total. The monoisotopic (exact) mass is 345 g/mol. The van der Waals surface area contributed by atoms with E-state index in [9.17, 15) is 13.2 Å². The Balaban J connectivity index is 1.59. The fourth-order valence-electron chi connectivity index (χ4n) is 2.23. The van der Waals surface area contributed by atoms with Crippen molar-refractivity contribution in [3.8, 4) is 0 Å². The zero-order valence-corrected chi connectivity index (χ0v) is 13.3. The fraction of sp³-hybridized carbons (Fsp3) is 0.600. The van der Waals surface area contributed by atoms with E-state index < -0.39 is 11.7 Å². The maximum absolute atomic E-state index is 12.4. The second kappa shape index (κ2) is 8.72. The standard InChI is InChI=1S/C15H22F3N5O/c16-15(17,18)11-4-5-13(22-9-11)20-6-2-7-21-14(19)23-10-12-3-1-8-24-12/h4-5,9,12H,1-3,6-8,10H2,(H,20,22)(H3,19,21,23). The van der Waals surface area contributed by atoms with Gasteiger partial charge < -0.3 is 21.1 Å². The lowest BCUT2D eigenvalue weighted by molar-refractivity contribution is -0.137. The zero-order chi connectivity index (χ0) is 17.4. The van der Waals surface area contributed by atoms with Gasteiger partial charge in [0.15, 0.2) is 5.96 Å². The van der Waals surface area contributed by atoms with E-state index >= 15 is 0 Å². The predicted molar refractivity (Wildman–Crippen MR) is 85.8 cm³/mol. The van der Waals surface area contributed by atoms with E-state index in [1.165, 1.54) is 6.07 Å². The van der Waals surface area contributed by atoms with Crippen molar-refractivity contribution in [1.82, 2.24) is 10.3 Å². The molecular formula is C15H22F3N5O. The van der Waals surface area contributed by atoms with Crippen molar-refractivity contribution in [3.63, 3.8) is 0 Å². The maximum atomic E-state index is 12.4. The molecule has 0 amide bonds. The van der Waals surface area contributed by atoms with Crippen LogP contribution in [0.3, 0.4) is 0 Å². The maximum Gasteiger partial charge on any atom is 0.417 e. The zero-order valence-electron chi connectivity index (χ0n) is 13.3. The summed E-state index contributed by atoms with van der Waals surface area (Å²) in [6.07, 6.45) is -0.582. The van der Waals surface area contributed by atoms with Crippen molar-refractivity contribution in [1.29, 1.82) is 0 Å². The molecule has 1 saturated heterocycles. The van der Waals surface area contributed by atoms with Crippen molar-refractivity contribution in [3.05, 3.63) is 23.9 Å². The number of halogens is 3. The van der Waals surface area contributed by atoms with Crippen LogP contribution >= 0.6 is 0 Å². The molecule has 6 nitrogen and oxygen atoms in total. The van der Waals surface area contributed by atoms with Crippen molar-refractivity contribution in [2.24, 2.45) is 10.7 Å². The Morgan fingerprint density at radius 2 is 2.21 bits per heavy atom. The molecule has 0 saturated carbocycles. The third kappa shape index (κ3) is 6.23. The molecule has 0 bridgehead atoms. The number of hydrogen-bond acceptors (Lipinski definition) is 4. The predicted octanol–water partition coefficient (Wildman–Crippen LogP) is 1.99. The fourth-order valence-corrected chi connectivity index (χ4v) is 2.23. The van der Waals surface area contributed by atoms with Crippen LogP contribution in [0, 0.1) is 0 Å². The molecule has 2 heterocycles. The van der Waals surface area contributed by atoms with Gasteiger partial charge in [0.25, 0.3) is 0 Å². The summed E-state index contributed by atoms with van der Waals surface area (Å²) < 4.78 is 42.7. The third-order valence-electron chi connectivity index (χ3n) is 3.55. The van der Waals surface area contributed by atoms with Gasteiger partial charge in [0.2, 0.25) is 0 Å². The van der Waals surface area contributed by atoms with E-state index in [2.05, 4.69) is 20.6 Å². The molecular weight excluding hydrogens is 323 g/mol. The molecule has 24 heavy (non-hydrogen) atoms. The number of nitrogens with zero attached hydrogens (tertiary/aromatic N) is 2. The average Bonchev–Trinajstić information content (AvgIpc) is 3.05. The molecule has 0 radical (unpaired) electrons. The number of hydrogen-bond donors (Lipinski definition) is 3. The first kappa shape index (κ1) is 18.3. The van der Waals surface area contributed by atoms with Gasteiger partial charge in [-0.3, -0.25) is 4.99 Å². The summed E-state index contributed by atoms with van der Waals surface area (Å²) >= 11 is 0. The number of nitrogens with one attached hydrogen (secondary N) is 2. The summed E-state index contributed by atoms with van der Waals surface area (Å²) in [7, 11) is 0. The van der Waals surface area contributed by atoms with Crippen LogP contribution in [-0.4, -0.2) is 43.3 Å². The number of alkyl halides is 3. The summed E-state index contributed by atoms with van der Waals surface area (Å²) in [5, 5.41) is 5.94. The highest BCUT2D eigenvalue weighted by Crippen LogP contribution is 2.28. The minimum absolute atomic E-state index is 0.165. The number of rotatable bonds is 7. The van der Waals surface area contributed by atoms with Gasteiger partial charge in [0, 0.05) is 25.9 Å². The van der Waals surface area contributed by atoms with Crippen molar-refractivity contribution in [2.45, 2.75) is 31.5 Å². The number of pyridine rings is 1. The minimum Gasteiger partial charge on any atom is -0.376 e. The van der Waals surface area contributed by atoms with E-state index in [0.29, 0.717) is 31.4 Å². The van der Waals surface area contributed by atoms with Crippen molar-refractivity contribution >= 4 is 11.8 Å². The van der Waals surface area contributed by atoms with Gasteiger partial charge >= 0.3 is 6.18 Å². The molecule has 1 fully saturated rings. The Morgan fingerprint density at radius 1 is 1.38 bits per heavy atom. The van der Waals surface area contributed by atoms with Crippen LogP contribution in [0.2, 0.25) is 0 Å². The third-order valence-corrected chi connectivity index (χ3v) is 3.55. The Labute approximate surface area is 138 Å². The Hall–Kier alpha value is -2.03. The van der Waals surface area contributed by atoms with Gasteiger partial charge in [-0.25, -0.2) is 4.98 Å². The topological polar surface area (TPSA) is 84.6 Å². The van der Waals surface area contributed by atoms with Gasteiger partial charge in [-0.05, 0) is 31.4 Å². The molecule has 0 aromatic carbocycles. The molecule has 1 aromatic rings. The smallest absolute Gasteiger partial charge is 0.376 e. The second-order valence-electron chi connectivity index (χ2n) is 5.50. The normalized spacial score (nSPS) is 18.6. The van der Waals surface area contributed by atoms with Crippen molar-refractivity contribution < 1.29 is 17.9 Å². The first-order chi connectivity index (χ1) is 11.4. The molecule has 0 aliphatic carbocycles. The first-order valence-corrected chi connectivity index (χ1v) is 7.87. The van der Waals surface area contributed by atoms with E-state index in [0.717, 1.165) is 38.1 Å². The molecule has 1 aromatic heterocycles. The second-order valence-corrected chi connectivity index (χ2v) is 5.50. The lowest BCUT2D eigenvalue weighted by Gasteiger charge is -2.10. The number of nitrogens with two attached hydrogens (primary N) is 1. The highest BCUT2D eigenvalue weighted by molar-refractivity contribution is 5.77. The molecule has 1 aliphatic rings. The number of aromatic nitrogens is 1. The number of ether oxygens (including phenoxy) is 1. The SMILES string of the molecule is NC(=NCC1CCCO1)NCCCNc1ccc(C(F)(F)F)cn1. The quantitative estimate of drug-likeness (QED) is 0.400. The van der Waals surface area contributed by atoms with Crippen LogP contribution in [0.25, 0.3) is 0 Å². The van der Waals surface area contributed by atoms with Gasteiger partial charge in [-0.15, -0.1) is 0 Å². The van der Waals surface area contributed by atoms with Crippen LogP contribution in [0.1, 0.15) is 24.8 Å². The van der Waals surface area contributed by atoms with Gasteiger partial charge in [0.1, 0.15) is 5.82 Å². The lowest BCUT2D eigenvalue weighted by atomic mass is 10.2. The first-order valence-electron chi connectivity index (χ1n) is 7.87. The van der Waals surface area contributed by atoms with Gasteiger partial charge in [-0.1, -0.05) is 0 Å². The average molecular weight is 345 g/mol. The van der Waals surface area contributed by atoms with Gasteiger partial charge in [0.05, 0.1) is 18.2 Å². The molecule has 2 rings (SSSR count). The minimum atomic E-state index is -4.37. The summed E-state index contributed by atoms with van der Waals surface area (Å²) in [4.78, 5) is 7.95. The Morgan fingerprint density at radius 3 is 2.83 bits per heavy atom. The van der Waals surface area contributed by atoms with Crippen LogP contribution in [0.4, 0.5) is 19.0 Å². The summed E-state index contributed by atoms with van der Waals surface area (Å²) in [6.45, 7) is 2.52. The number of guanidine groups is 1. The number of anilines is 1. The summed E-state index contributed by atoms with van der Waals surface area (Å²) in [5.41, 5.74) is 4.99. The van der Waals surface area contributed by atoms with E-state index in [-0.39, 0.29) is 6.10 Å². The number of aliphatic imine (C=N–C) groups is 1. The Bertz CT molecular complexity index is 527. The van der Waals surface area contributed by atoms with Crippen LogP contribution in [-0.2, 0) is 10.9 Å². The molecule has 1 unspecified atom stereocenters. The largest absolute Gasteiger partial charge is 0.417 e. The molecule has 134 valence electrons. The highest BCUT2D eigenvalue weighted by Gasteiger charge is 2.30. The molecule has 1 atom stereocenters. The molecule has 9 heteroatoms. The summed E-state index contributed by atoms with van der Waals surface area (Å²) in [5.74, 6) is 0.779. The molecule has 0 spiro atoms. The van der Waals surface area contributed by atoms with Gasteiger partial charge in [-0.2, -0.15) is 13.2 Å².